The number of carbonyl (C=O) groups is 1. The summed E-state index contributed by atoms with van der Waals surface area (Å²) in [5.41, 5.74) is 3.79. The van der Waals surface area contributed by atoms with E-state index in [9.17, 15) is 13.6 Å². The molecule has 0 unspecified atom stereocenters. The Hall–Kier alpha value is -3.13. The summed E-state index contributed by atoms with van der Waals surface area (Å²) in [5, 5.41) is 5.38. The summed E-state index contributed by atoms with van der Waals surface area (Å²) in [6, 6.07) is 10.1. The van der Waals surface area contributed by atoms with Crippen LogP contribution in [0.1, 0.15) is 9.80 Å². The molecule has 3 aromatic heterocycles. The second-order valence-corrected chi connectivity index (χ2v) is 6.69. The number of nitrogens with zero attached hydrogens (tertiary/aromatic N) is 2. The van der Waals surface area contributed by atoms with Gasteiger partial charge in [0.2, 0.25) is 0 Å². The quantitative estimate of drug-likeness (QED) is 0.542. The minimum absolute atomic E-state index is 0.0310. The molecule has 0 saturated carbocycles. The highest BCUT2D eigenvalue weighted by molar-refractivity contribution is 7.12. The average molecular weight is 384 g/mol. The van der Waals surface area contributed by atoms with Crippen LogP contribution in [0.3, 0.4) is 0 Å². The van der Waals surface area contributed by atoms with Crippen molar-refractivity contribution in [3.05, 3.63) is 58.8 Å². The number of amides is 1. The van der Waals surface area contributed by atoms with E-state index >= 15 is 0 Å². The van der Waals surface area contributed by atoms with E-state index in [0.717, 1.165) is 22.2 Å². The SMILES string of the molecule is O=C(NCCF)c1nc(-c2cnc3[nH]c(-c4ccc(F)cc4)cc3c2)cs1. The predicted octanol–water partition coefficient (Wildman–Crippen LogP) is 4.19. The minimum atomic E-state index is -0.617. The van der Waals surface area contributed by atoms with Crippen molar-refractivity contribution in [1.82, 2.24) is 20.3 Å². The predicted molar refractivity (Wildman–Crippen MR) is 101 cm³/mol. The lowest BCUT2D eigenvalue weighted by Crippen LogP contribution is -2.25. The highest BCUT2D eigenvalue weighted by Crippen LogP contribution is 2.28. The molecule has 0 aliphatic carbocycles. The van der Waals surface area contributed by atoms with Gasteiger partial charge in [0, 0.05) is 34.8 Å². The average Bonchev–Trinajstić information content (AvgIpc) is 3.33. The Kier molecular flexibility index (Phi) is 4.64. The normalized spacial score (nSPS) is 11.0. The number of carbonyl (C=O) groups excluding carboxylic acids is 1. The minimum Gasteiger partial charge on any atom is -0.347 e. The molecule has 3 heterocycles. The topological polar surface area (TPSA) is 70.7 Å². The number of H-pyrrole nitrogens is 1. The number of halogens is 2. The Morgan fingerprint density at radius 1 is 1.19 bits per heavy atom. The maximum Gasteiger partial charge on any atom is 0.280 e. The molecule has 0 fully saturated rings. The number of hydrogen-bond acceptors (Lipinski definition) is 4. The summed E-state index contributed by atoms with van der Waals surface area (Å²) in [6.45, 7) is -0.648. The van der Waals surface area contributed by atoms with Gasteiger partial charge in [0.25, 0.3) is 5.91 Å². The number of nitrogens with one attached hydrogen (secondary N) is 2. The summed E-state index contributed by atoms with van der Waals surface area (Å²) < 4.78 is 25.3. The summed E-state index contributed by atoms with van der Waals surface area (Å²) in [4.78, 5) is 23.8. The first-order valence-corrected chi connectivity index (χ1v) is 9.07. The molecule has 27 heavy (non-hydrogen) atoms. The molecule has 8 heteroatoms. The third-order valence-electron chi connectivity index (χ3n) is 4.00. The van der Waals surface area contributed by atoms with E-state index < -0.39 is 12.6 Å². The van der Waals surface area contributed by atoms with Crippen LogP contribution in [0.2, 0.25) is 0 Å². The molecule has 1 amide bonds. The van der Waals surface area contributed by atoms with Gasteiger partial charge in [-0.2, -0.15) is 0 Å². The maximum atomic E-state index is 13.1. The fraction of sp³-hybridized carbons (Fsp3) is 0.105. The molecule has 0 radical (unpaired) electrons. The highest BCUT2D eigenvalue weighted by atomic mass is 32.1. The van der Waals surface area contributed by atoms with Crippen LogP contribution >= 0.6 is 11.3 Å². The Balaban J connectivity index is 1.63. The second-order valence-electron chi connectivity index (χ2n) is 5.83. The number of aromatic nitrogens is 3. The number of rotatable bonds is 5. The first-order valence-electron chi connectivity index (χ1n) is 8.19. The molecule has 0 aliphatic heterocycles. The van der Waals surface area contributed by atoms with Crippen LogP contribution < -0.4 is 5.32 Å². The molecular formula is C19H14F2N4OS. The van der Waals surface area contributed by atoms with Gasteiger partial charge in [-0.3, -0.25) is 4.79 Å². The van der Waals surface area contributed by atoms with Crippen molar-refractivity contribution in [3.63, 3.8) is 0 Å². The number of aromatic amines is 1. The van der Waals surface area contributed by atoms with Crippen molar-refractivity contribution in [2.24, 2.45) is 0 Å². The van der Waals surface area contributed by atoms with Crippen molar-refractivity contribution in [2.75, 3.05) is 13.2 Å². The summed E-state index contributed by atoms with van der Waals surface area (Å²) in [7, 11) is 0. The second kappa shape index (κ2) is 7.24. The molecule has 0 saturated heterocycles. The Morgan fingerprint density at radius 3 is 2.78 bits per heavy atom. The van der Waals surface area contributed by atoms with Gasteiger partial charge in [-0.1, -0.05) is 0 Å². The lowest BCUT2D eigenvalue weighted by molar-refractivity contribution is 0.0950. The molecule has 0 atom stereocenters. The smallest absolute Gasteiger partial charge is 0.280 e. The van der Waals surface area contributed by atoms with Gasteiger partial charge in [-0.25, -0.2) is 18.7 Å². The molecule has 136 valence electrons. The van der Waals surface area contributed by atoms with Gasteiger partial charge in [0.05, 0.1) is 5.69 Å². The van der Waals surface area contributed by atoms with E-state index in [4.69, 9.17) is 0 Å². The number of thiazole rings is 1. The molecule has 2 N–H and O–H groups in total. The van der Waals surface area contributed by atoms with Crippen LogP contribution in [0.5, 0.6) is 0 Å². The number of benzene rings is 1. The molecule has 0 spiro atoms. The van der Waals surface area contributed by atoms with Crippen LogP contribution in [0.25, 0.3) is 33.5 Å². The Bertz CT molecular complexity index is 1100. The zero-order valence-corrected chi connectivity index (χ0v) is 14.8. The first kappa shape index (κ1) is 17.3. The van der Waals surface area contributed by atoms with E-state index in [1.165, 1.54) is 23.5 Å². The lowest BCUT2D eigenvalue weighted by Gasteiger charge is -1.98. The third-order valence-corrected chi connectivity index (χ3v) is 4.84. The van der Waals surface area contributed by atoms with Gasteiger partial charge in [-0.05, 0) is 42.0 Å². The zero-order valence-electron chi connectivity index (χ0n) is 14.0. The summed E-state index contributed by atoms with van der Waals surface area (Å²) >= 11 is 1.20. The molecule has 4 rings (SSSR count). The third kappa shape index (κ3) is 3.56. The Morgan fingerprint density at radius 2 is 2.00 bits per heavy atom. The fourth-order valence-electron chi connectivity index (χ4n) is 2.69. The van der Waals surface area contributed by atoms with Gasteiger partial charge < -0.3 is 10.3 Å². The zero-order chi connectivity index (χ0) is 18.8. The summed E-state index contributed by atoms with van der Waals surface area (Å²) in [6.07, 6.45) is 1.67. The van der Waals surface area contributed by atoms with E-state index in [1.807, 2.05) is 12.1 Å². The maximum absolute atomic E-state index is 13.1. The van der Waals surface area contributed by atoms with Crippen molar-refractivity contribution in [2.45, 2.75) is 0 Å². The van der Waals surface area contributed by atoms with Crippen LogP contribution in [-0.4, -0.2) is 34.1 Å². The monoisotopic (exact) mass is 384 g/mol. The van der Waals surface area contributed by atoms with E-state index in [0.29, 0.717) is 11.3 Å². The van der Waals surface area contributed by atoms with Crippen LogP contribution in [0.15, 0.2) is 48.0 Å². The Labute approximate surface area is 157 Å². The largest absolute Gasteiger partial charge is 0.347 e. The molecule has 5 nitrogen and oxygen atoms in total. The van der Waals surface area contributed by atoms with Gasteiger partial charge >= 0.3 is 0 Å². The van der Waals surface area contributed by atoms with E-state index in [2.05, 4.69) is 20.3 Å². The molecule has 4 aromatic rings. The number of alkyl halides is 1. The molecule has 0 bridgehead atoms. The van der Waals surface area contributed by atoms with Gasteiger partial charge in [0.1, 0.15) is 18.1 Å². The van der Waals surface area contributed by atoms with Gasteiger partial charge in [-0.15, -0.1) is 11.3 Å². The van der Waals surface area contributed by atoms with Crippen molar-refractivity contribution in [1.29, 1.82) is 0 Å². The highest BCUT2D eigenvalue weighted by Gasteiger charge is 2.13. The number of hydrogen-bond donors (Lipinski definition) is 2. The standard InChI is InChI=1S/C19H14F2N4OS/c20-5-6-22-18(26)19-25-16(10-27-19)13-7-12-8-15(24-17(12)23-9-13)11-1-3-14(21)4-2-11/h1-4,7-10H,5-6H2,(H,22,26)(H,23,24). The van der Waals surface area contributed by atoms with Crippen LogP contribution in [0.4, 0.5) is 8.78 Å². The van der Waals surface area contributed by atoms with Crippen molar-refractivity contribution >= 4 is 28.3 Å². The summed E-state index contributed by atoms with van der Waals surface area (Å²) in [5.74, 6) is -0.677. The van der Waals surface area contributed by atoms with Crippen LogP contribution in [-0.2, 0) is 0 Å². The number of fused-ring (bicyclic) bond motifs is 1. The van der Waals surface area contributed by atoms with Crippen LogP contribution in [0, 0.1) is 5.82 Å². The number of pyridine rings is 1. The first-order chi connectivity index (χ1) is 13.1. The van der Waals surface area contributed by atoms with Crippen molar-refractivity contribution in [3.8, 4) is 22.5 Å². The van der Waals surface area contributed by atoms with E-state index in [1.54, 1.807) is 23.7 Å². The fourth-order valence-corrected chi connectivity index (χ4v) is 3.43. The van der Waals surface area contributed by atoms with Gasteiger partial charge in [0.15, 0.2) is 5.01 Å². The molecular weight excluding hydrogens is 370 g/mol. The molecule has 0 aliphatic rings. The lowest BCUT2D eigenvalue weighted by atomic mass is 10.1. The molecule has 1 aromatic carbocycles. The van der Waals surface area contributed by atoms with Crippen molar-refractivity contribution < 1.29 is 13.6 Å². The van der Waals surface area contributed by atoms with E-state index in [-0.39, 0.29) is 17.4 Å².